The summed E-state index contributed by atoms with van der Waals surface area (Å²) in [5.41, 5.74) is 5.25. The van der Waals surface area contributed by atoms with E-state index in [1.807, 2.05) is 46.8 Å². The van der Waals surface area contributed by atoms with Crippen molar-refractivity contribution in [3.05, 3.63) is 58.8 Å². The number of carbonyl (C=O) groups is 1. The van der Waals surface area contributed by atoms with Gasteiger partial charge in [0.25, 0.3) is 5.91 Å². The highest BCUT2D eigenvalue weighted by molar-refractivity contribution is 6.09. The Hall–Kier alpha value is -3.08. The molecule has 0 radical (unpaired) electrons. The quantitative estimate of drug-likeness (QED) is 0.640. The van der Waals surface area contributed by atoms with E-state index in [0.29, 0.717) is 30.3 Å². The van der Waals surface area contributed by atoms with Crippen LogP contribution in [0.25, 0.3) is 10.9 Å². The third kappa shape index (κ3) is 4.09. The number of pyridine rings is 1. The minimum atomic E-state index is -0.199. The summed E-state index contributed by atoms with van der Waals surface area (Å²) in [5, 5.41) is 3.98. The van der Waals surface area contributed by atoms with Crippen molar-refractivity contribution in [2.45, 2.75) is 34.6 Å². The third-order valence-electron chi connectivity index (χ3n) is 4.43. The molecule has 0 fully saturated rings. The molecule has 0 spiro atoms. The lowest BCUT2D eigenvalue weighted by Gasteiger charge is -2.14. The number of amides is 1. The van der Waals surface area contributed by atoms with Gasteiger partial charge in [0.2, 0.25) is 0 Å². The maximum atomic E-state index is 12.9. The number of benzene rings is 2. The average Bonchev–Trinajstić information content (AvgIpc) is 2.64. The lowest BCUT2D eigenvalue weighted by atomic mass is 10.0. The Kier molecular flexibility index (Phi) is 5.83. The first-order chi connectivity index (χ1) is 13.4. The number of hydrogen-bond acceptors (Lipinski definition) is 4. The summed E-state index contributed by atoms with van der Waals surface area (Å²) in [6.45, 7) is 10.9. The number of ether oxygens (including phenoxy) is 2. The number of carbonyl (C=O) groups excluding carboxylic acids is 1. The van der Waals surface area contributed by atoms with Gasteiger partial charge in [0.1, 0.15) is 0 Å². The molecule has 0 saturated carbocycles. The zero-order valence-electron chi connectivity index (χ0n) is 17.1. The topological polar surface area (TPSA) is 60.5 Å². The molecule has 3 rings (SSSR count). The molecule has 0 bridgehead atoms. The first-order valence-corrected chi connectivity index (χ1v) is 9.52. The molecule has 0 atom stereocenters. The molecule has 2 aromatic carbocycles. The van der Waals surface area contributed by atoms with Crippen LogP contribution >= 0.6 is 0 Å². The Bertz CT molecular complexity index is 1030. The highest BCUT2D eigenvalue weighted by atomic mass is 16.5. The molecule has 146 valence electrons. The second-order valence-electron chi connectivity index (χ2n) is 6.77. The lowest BCUT2D eigenvalue weighted by molar-refractivity contribution is 0.102. The number of rotatable bonds is 6. The van der Waals surface area contributed by atoms with Gasteiger partial charge in [0, 0.05) is 16.6 Å². The van der Waals surface area contributed by atoms with Gasteiger partial charge in [-0.15, -0.1) is 0 Å². The van der Waals surface area contributed by atoms with E-state index < -0.39 is 0 Å². The first-order valence-electron chi connectivity index (χ1n) is 9.52. The van der Waals surface area contributed by atoms with Gasteiger partial charge in [-0.2, -0.15) is 0 Å². The molecule has 0 aliphatic rings. The van der Waals surface area contributed by atoms with Gasteiger partial charge in [0.15, 0.2) is 11.5 Å². The van der Waals surface area contributed by atoms with Crippen molar-refractivity contribution in [3.63, 3.8) is 0 Å². The summed E-state index contributed by atoms with van der Waals surface area (Å²) >= 11 is 0. The second kappa shape index (κ2) is 8.30. The molecule has 5 nitrogen and oxygen atoms in total. The Morgan fingerprint density at radius 3 is 2.39 bits per heavy atom. The number of hydrogen-bond donors (Lipinski definition) is 1. The molecule has 1 aromatic heterocycles. The largest absolute Gasteiger partial charge is 0.490 e. The fourth-order valence-corrected chi connectivity index (χ4v) is 3.30. The maximum Gasteiger partial charge on any atom is 0.255 e. The molecule has 0 saturated heterocycles. The van der Waals surface area contributed by atoms with Crippen molar-refractivity contribution in [2.24, 2.45) is 0 Å². The van der Waals surface area contributed by atoms with E-state index in [4.69, 9.17) is 9.47 Å². The average molecular weight is 378 g/mol. The van der Waals surface area contributed by atoms with Gasteiger partial charge in [0.05, 0.1) is 24.4 Å². The first kappa shape index (κ1) is 19.7. The normalized spacial score (nSPS) is 10.8. The number of aryl methyl sites for hydroxylation is 3. The van der Waals surface area contributed by atoms with Crippen molar-refractivity contribution < 1.29 is 14.3 Å². The lowest BCUT2D eigenvalue weighted by Crippen LogP contribution is -2.13. The van der Waals surface area contributed by atoms with Crippen LogP contribution in [0.2, 0.25) is 0 Å². The second-order valence-corrected chi connectivity index (χ2v) is 6.77. The van der Waals surface area contributed by atoms with Crippen LogP contribution in [0.1, 0.15) is 41.0 Å². The number of fused-ring (bicyclic) bond motifs is 1. The smallest absolute Gasteiger partial charge is 0.255 e. The van der Waals surface area contributed by atoms with Crippen LogP contribution in [0.15, 0.2) is 36.4 Å². The third-order valence-corrected chi connectivity index (χ3v) is 4.43. The minimum Gasteiger partial charge on any atom is -0.490 e. The summed E-state index contributed by atoms with van der Waals surface area (Å²) in [6.07, 6.45) is 0. The summed E-state index contributed by atoms with van der Waals surface area (Å²) in [6, 6.07) is 11.3. The maximum absolute atomic E-state index is 12.9. The molecule has 1 amide bonds. The number of nitrogens with one attached hydrogen (secondary N) is 1. The van der Waals surface area contributed by atoms with E-state index >= 15 is 0 Å². The van der Waals surface area contributed by atoms with Crippen LogP contribution in [0.4, 0.5) is 5.69 Å². The molecular weight excluding hydrogens is 352 g/mol. The van der Waals surface area contributed by atoms with Crippen molar-refractivity contribution in [1.29, 1.82) is 0 Å². The van der Waals surface area contributed by atoms with Crippen molar-refractivity contribution in [3.8, 4) is 11.5 Å². The van der Waals surface area contributed by atoms with Crippen LogP contribution in [-0.2, 0) is 0 Å². The zero-order chi connectivity index (χ0) is 20.3. The van der Waals surface area contributed by atoms with Crippen molar-refractivity contribution >= 4 is 22.5 Å². The van der Waals surface area contributed by atoms with Gasteiger partial charge in [-0.25, -0.2) is 0 Å². The summed E-state index contributed by atoms with van der Waals surface area (Å²) in [7, 11) is 0. The van der Waals surface area contributed by atoms with Crippen LogP contribution in [-0.4, -0.2) is 24.1 Å². The molecule has 5 heteroatoms. The predicted molar refractivity (Wildman–Crippen MR) is 113 cm³/mol. The van der Waals surface area contributed by atoms with Gasteiger partial charge in [-0.3, -0.25) is 9.78 Å². The molecular formula is C23H26N2O3. The van der Waals surface area contributed by atoms with Crippen LogP contribution in [0.5, 0.6) is 11.5 Å². The van der Waals surface area contributed by atoms with E-state index in [1.165, 1.54) is 0 Å². The number of anilines is 1. The van der Waals surface area contributed by atoms with Crippen LogP contribution < -0.4 is 14.8 Å². The summed E-state index contributed by atoms with van der Waals surface area (Å²) in [4.78, 5) is 17.6. The molecule has 0 aliphatic carbocycles. The monoisotopic (exact) mass is 378 g/mol. The summed E-state index contributed by atoms with van der Waals surface area (Å²) < 4.78 is 11.2. The highest BCUT2D eigenvalue weighted by Crippen LogP contribution is 2.30. The Morgan fingerprint density at radius 2 is 1.68 bits per heavy atom. The molecule has 28 heavy (non-hydrogen) atoms. The fourth-order valence-electron chi connectivity index (χ4n) is 3.30. The zero-order valence-corrected chi connectivity index (χ0v) is 17.1. The predicted octanol–water partition coefficient (Wildman–Crippen LogP) is 5.21. The Labute approximate surface area is 165 Å². The van der Waals surface area contributed by atoms with Crippen molar-refractivity contribution in [1.82, 2.24) is 4.98 Å². The highest BCUT2D eigenvalue weighted by Gasteiger charge is 2.14. The van der Waals surface area contributed by atoms with Crippen LogP contribution in [0.3, 0.4) is 0 Å². The van der Waals surface area contributed by atoms with Gasteiger partial charge in [-0.05, 0) is 70.5 Å². The van der Waals surface area contributed by atoms with E-state index in [2.05, 4.69) is 16.4 Å². The molecule has 0 aliphatic heterocycles. The standard InChI is InChI=1S/C23H26N2O3/c1-6-27-20-9-8-17(13-21(20)28-7-2)23(26)25-19-12-16(5)24-22-15(4)10-14(3)11-18(19)22/h8-13H,6-7H2,1-5H3,(H,24,25,26). The number of aromatic nitrogens is 1. The molecule has 3 aromatic rings. The van der Waals surface area contributed by atoms with Gasteiger partial charge < -0.3 is 14.8 Å². The Balaban J connectivity index is 1.98. The molecule has 1 N–H and O–H groups in total. The van der Waals surface area contributed by atoms with E-state index in [-0.39, 0.29) is 5.91 Å². The number of nitrogens with zero attached hydrogens (tertiary/aromatic N) is 1. The van der Waals surface area contributed by atoms with E-state index in [1.54, 1.807) is 18.2 Å². The fraction of sp³-hybridized carbons (Fsp3) is 0.304. The summed E-state index contributed by atoms with van der Waals surface area (Å²) in [5.74, 6) is 1.01. The molecule has 0 unspecified atom stereocenters. The van der Waals surface area contributed by atoms with Gasteiger partial charge in [-0.1, -0.05) is 11.6 Å². The molecule has 1 heterocycles. The van der Waals surface area contributed by atoms with Gasteiger partial charge >= 0.3 is 0 Å². The van der Waals surface area contributed by atoms with E-state index in [0.717, 1.165) is 33.4 Å². The SMILES string of the molecule is CCOc1ccc(C(=O)Nc2cc(C)nc3c(C)cc(C)cc23)cc1OCC. The van der Waals surface area contributed by atoms with Crippen LogP contribution in [0, 0.1) is 20.8 Å². The Morgan fingerprint density at radius 1 is 0.964 bits per heavy atom. The van der Waals surface area contributed by atoms with Crippen molar-refractivity contribution in [2.75, 3.05) is 18.5 Å². The van der Waals surface area contributed by atoms with E-state index in [9.17, 15) is 4.79 Å². The minimum absolute atomic E-state index is 0.199.